The SMILES string of the molecule is CC.Fc1cccc(Cl)c1F.NC(=O)c1nccc2[nH]c([C@H]3CCCC(F)(F)C3)cc(=O)c12. The molecule has 0 saturated heterocycles. The maximum absolute atomic E-state index is 13.6. The first-order chi connectivity index (χ1) is 15.6. The van der Waals surface area contributed by atoms with Crippen LogP contribution in [0.4, 0.5) is 17.6 Å². The summed E-state index contributed by atoms with van der Waals surface area (Å²) < 4.78 is 51.5. The summed E-state index contributed by atoms with van der Waals surface area (Å²) in [4.78, 5) is 30.4. The molecule has 3 aromatic rings. The summed E-state index contributed by atoms with van der Waals surface area (Å²) in [6.45, 7) is 4.00. The Morgan fingerprint density at radius 2 is 1.94 bits per heavy atom. The van der Waals surface area contributed by atoms with Gasteiger partial charge in [-0.3, -0.25) is 14.6 Å². The van der Waals surface area contributed by atoms with E-state index in [1.54, 1.807) is 0 Å². The molecule has 33 heavy (non-hydrogen) atoms. The normalized spacial score (nSPS) is 16.8. The van der Waals surface area contributed by atoms with Crippen LogP contribution in [0.15, 0.2) is 41.3 Å². The van der Waals surface area contributed by atoms with Gasteiger partial charge in [-0.2, -0.15) is 0 Å². The average Bonchev–Trinajstić information content (AvgIpc) is 2.78. The lowest BCUT2D eigenvalue weighted by molar-refractivity contribution is -0.0412. The second kappa shape index (κ2) is 11.3. The number of rotatable bonds is 2. The third-order valence-corrected chi connectivity index (χ3v) is 5.27. The molecule has 1 aromatic carbocycles. The number of nitrogens with two attached hydrogens (primary N) is 1. The molecule has 1 fully saturated rings. The number of nitrogens with one attached hydrogen (secondary N) is 1. The Morgan fingerprint density at radius 3 is 2.52 bits per heavy atom. The molecule has 0 bridgehead atoms. The predicted octanol–water partition coefficient (Wildman–Crippen LogP) is 5.96. The van der Waals surface area contributed by atoms with Crippen molar-refractivity contribution in [3.05, 3.63) is 74.8 Å². The van der Waals surface area contributed by atoms with Gasteiger partial charge >= 0.3 is 0 Å². The Hall–Kier alpha value is -2.94. The van der Waals surface area contributed by atoms with Crippen molar-refractivity contribution in [2.24, 2.45) is 5.73 Å². The molecule has 178 valence electrons. The van der Waals surface area contributed by atoms with Crippen LogP contribution in [0.1, 0.15) is 61.6 Å². The molecular formula is C23H24ClF4N3O2. The van der Waals surface area contributed by atoms with Crippen LogP contribution in [-0.4, -0.2) is 21.8 Å². The number of alkyl halides is 2. The number of benzene rings is 1. The number of aromatic amines is 1. The average molecular weight is 486 g/mol. The first-order valence-electron chi connectivity index (χ1n) is 10.4. The quantitative estimate of drug-likeness (QED) is 0.347. The number of H-pyrrole nitrogens is 1. The number of pyridine rings is 2. The summed E-state index contributed by atoms with van der Waals surface area (Å²) in [5.74, 6) is -5.80. The van der Waals surface area contributed by atoms with Crippen molar-refractivity contribution in [2.45, 2.75) is 51.4 Å². The second-order valence-electron chi connectivity index (χ2n) is 7.22. The maximum atomic E-state index is 13.6. The number of fused-ring (bicyclic) bond motifs is 1. The predicted molar refractivity (Wildman–Crippen MR) is 120 cm³/mol. The molecule has 1 saturated carbocycles. The third-order valence-electron chi connectivity index (χ3n) is 4.98. The van der Waals surface area contributed by atoms with E-state index in [1.165, 1.54) is 30.5 Å². The Kier molecular flexibility index (Phi) is 8.99. The fraction of sp³-hybridized carbons (Fsp3) is 0.348. The van der Waals surface area contributed by atoms with E-state index in [-0.39, 0.29) is 28.9 Å². The summed E-state index contributed by atoms with van der Waals surface area (Å²) in [6.07, 6.45) is 1.99. The van der Waals surface area contributed by atoms with Gasteiger partial charge in [0.05, 0.1) is 15.9 Å². The third kappa shape index (κ3) is 6.54. The molecule has 0 radical (unpaired) electrons. The highest BCUT2D eigenvalue weighted by Gasteiger charge is 2.37. The second-order valence-corrected chi connectivity index (χ2v) is 7.63. The minimum atomic E-state index is -2.70. The van der Waals surface area contributed by atoms with Crippen molar-refractivity contribution < 1.29 is 22.4 Å². The number of nitrogens with zero attached hydrogens (tertiary/aromatic N) is 1. The molecule has 2 aromatic heterocycles. The number of aromatic nitrogens is 2. The first kappa shape index (κ1) is 26.3. The number of carbonyl (C=O) groups excluding carboxylic acids is 1. The van der Waals surface area contributed by atoms with E-state index in [2.05, 4.69) is 9.97 Å². The molecule has 1 atom stereocenters. The first-order valence-corrected chi connectivity index (χ1v) is 10.8. The molecule has 10 heteroatoms. The van der Waals surface area contributed by atoms with E-state index in [0.717, 1.165) is 6.07 Å². The lowest BCUT2D eigenvalue weighted by Gasteiger charge is -2.29. The molecule has 0 unspecified atom stereocenters. The topological polar surface area (TPSA) is 88.8 Å². The van der Waals surface area contributed by atoms with Crippen LogP contribution < -0.4 is 11.2 Å². The van der Waals surface area contributed by atoms with Gasteiger partial charge < -0.3 is 10.7 Å². The van der Waals surface area contributed by atoms with Crippen molar-refractivity contribution in [1.82, 2.24) is 9.97 Å². The summed E-state index contributed by atoms with van der Waals surface area (Å²) in [6, 6.07) is 6.47. The molecule has 1 amide bonds. The molecule has 5 nitrogen and oxygen atoms in total. The highest BCUT2D eigenvalue weighted by Crippen LogP contribution is 2.41. The van der Waals surface area contributed by atoms with E-state index < -0.39 is 34.8 Å². The zero-order valence-corrected chi connectivity index (χ0v) is 18.9. The van der Waals surface area contributed by atoms with Crippen LogP contribution in [0.25, 0.3) is 10.9 Å². The van der Waals surface area contributed by atoms with E-state index >= 15 is 0 Å². The summed E-state index contributed by atoms with van der Waals surface area (Å²) in [5.41, 5.74) is 5.53. The largest absolute Gasteiger partial charge is 0.364 e. The lowest BCUT2D eigenvalue weighted by atomic mass is 9.84. The van der Waals surface area contributed by atoms with Gasteiger partial charge in [-0.15, -0.1) is 0 Å². The van der Waals surface area contributed by atoms with Crippen LogP contribution in [0.2, 0.25) is 5.02 Å². The van der Waals surface area contributed by atoms with Crippen molar-refractivity contribution >= 4 is 28.4 Å². The van der Waals surface area contributed by atoms with Crippen LogP contribution >= 0.6 is 11.6 Å². The van der Waals surface area contributed by atoms with Gasteiger partial charge in [0.15, 0.2) is 17.1 Å². The monoisotopic (exact) mass is 485 g/mol. The fourth-order valence-corrected chi connectivity index (χ4v) is 3.70. The van der Waals surface area contributed by atoms with Gasteiger partial charge in [0.1, 0.15) is 5.69 Å². The Bertz CT molecular complexity index is 1160. The highest BCUT2D eigenvalue weighted by atomic mass is 35.5. The van der Waals surface area contributed by atoms with E-state index in [4.69, 9.17) is 17.3 Å². The van der Waals surface area contributed by atoms with Crippen molar-refractivity contribution in [1.29, 1.82) is 0 Å². The van der Waals surface area contributed by atoms with Gasteiger partial charge in [0.2, 0.25) is 5.92 Å². The maximum Gasteiger partial charge on any atom is 0.268 e. The van der Waals surface area contributed by atoms with E-state index in [9.17, 15) is 27.2 Å². The molecule has 4 rings (SSSR count). The number of carbonyl (C=O) groups is 1. The minimum Gasteiger partial charge on any atom is -0.364 e. The molecule has 1 aliphatic rings. The molecule has 3 N–H and O–H groups in total. The highest BCUT2D eigenvalue weighted by molar-refractivity contribution is 6.30. The van der Waals surface area contributed by atoms with Crippen molar-refractivity contribution in [2.75, 3.05) is 0 Å². The Balaban J connectivity index is 0.000000293. The number of halogens is 5. The summed E-state index contributed by atoms with van der Waals surface area (Å²) in [7, 11) is 0. The fourth-order valence-electron chi connectivity index (χ4n) is 3.54. The molecule has 2 heterocycles. The lowest BCUT2D eigenvalue weighted by Crippen LogP contribution is -2.26. The number of hydrogen-bond acceptors (Lipinski definition) is 3. The number of primary amides is 1. The van der Waals surface area contributed by atoms with Gasteiger partial charge in [0, 0.05) is 36.7 Å². The molecule has 1 aliphatic carbocycles. The Morgan fingerprint density at radius 1 is 1.24 bits per heavy atom. The minimum absolute atomic E-state index is 0.0984. The zero-order chi connectivity index (χ0) is 24.8. The van der Waals surface area contributed by atoms with Crippen LogP contribution in [-0.2, 0) is 0 Å². The molecule has 0 aliphatic heterocycles. The molecular weight excluding hydrogens is 462 g/mol. The van der Waals surface area contributed by atoms with E-state index in [1.807, 2.05) is 13.8 Å². The van der Waals surface area contributed by atoms with Crippen LogP contribution in [0.3, 0.4) is 0 Å². The van der Waals surface area contributed by atoms with Crippen molar-refractivity contribution in [3.8, 4) is 0 Å². The van der Waals surface area contributed by atoms with Crippen LogP contribution in [0, 0.1) is 11.6 Å². The summed E-state index contributed by atoms with van der Waals surface area (Å²) in [5, 5.41) is -0.0867. The number of amides is 1. The van der Waals surface area contributed by atoms with Gasteiger partial charge in [-0.05, 0) is 31.0 Å². The van der Waals surface area contributed by atoms with Gasteiger partial charge in [-0.25, -0.2) is 17.6 Å². The van der Waals surface area contributed by atoms with E-state index in [0.29, 0.717) is 24.1 Å². The number of hydrogen-bond donors (Lipinski definition) is 2. The summed E-state index contributed by atoms with van der Waals surface area (Å²) >= 11 is 5.20. The molecule has 0 spiro atoms. The van der Waals surface area contributed by atoms with Crippen LogP contribution in [0.5, 0.6) is 0 Å². The smallest absolute Gasteiger partial charge is 0.268 e. The van der Waals surface area contributed by atoms with Gasteiger partial charge in [-0.1, -0.05) is 31.5 Å². The Labute approximate surface area is 193 Å². The van der Waals surface area contributed by atoms with Crippen molar-refractivity contribution in [3.63, 3.8) is 0 Å². The zero-order valence-electron chi connectivity index (χ0n) is 18.1. The van der Waals surface area contributed by atoms with Gasteiger partial charge in [0.25, 0.3) is 5.91 Å². The standard InChI is InChI=1S/C15H15F2N3O2.C6H3ClF2.C2H6/c16-15(17)4-1-2-8(7-15)10-6-11(21)12-9(20-10)3-5-19-13(12)14(18)22;7-4-2-1-3-5(8)6(4)9;1-2/h3,5-6,8H,1-2,4,7H2,(H2,18,22)(H,20,21);1-3H;1-2H3/t8-;;/m0../s1.